The van der Waals surface area contributed by atoms with Crippen LogP contribution in [0.25, 0.3) is 0 Å². The van der Waals surface area contributed by atoms with Crippen molar-refractivity contribution in [2.75, 3.05) is 0 Å². The second kappa shape index (κ2) is 5.58. The lowest BCUT2D eigenvalue weighted by atomic mass is 9.74. The van der Waals surface area contributed by atoms with Crippen LogP contribution in [0.15, 0.2) is 0 Å². The highest BCUT2D eigenvalue weighted by Crippen LogP contribution is 2.43. The third-order valence-electron chi connectivity index (χ3n) is 3.41. The summed E-state index contributed by atoms with van der Waals surface area (Å²) in [6.45, 7) is 0. The first-order valence-corrected chi connectivity index (χ1v) is 5.72. The van der Waals surface area contributed by atoms with Crippen molar-refractivity contribution in [1.29, 1.82) is 0 Å². The summed E-state index contributed by atoms with van der Waals surface area (Å²) >= 11 is 0. The summed E-state index contributed by atoms with van der Waals surface area (Å²) in [6, 6.07) is -0.414. The second-order valence-electron chi connectivity index (χ2n) is 4.50. The molecule has 0 bridgehead atoms. The van der Waals surface area contributed by atoms with E-state index in [2.05, 4.69) is 5.92 Å². The normalized spacial score (nSPS) is 28.4. The molecule has 0 aromatic carbocycles. The minimum Gasteiger partial charge on any atom is -0.327 e. The fraction of sp³-hybridized carbons (Fsp3) is 0.833. The van der Waals surface area contributed by atoms with Crippen LogP contribution in [0.1, 0.15) is 38.5 Å². The van der Waals surface area contributed by atoms with Crippen molar-refractivity contribution in [2.45, 2.75) is 50.7 Å². The first-order chi connectivity index (χ1) is 7.46. The topological polar surface area (TPSA) is 26.0 Å². The molecule has 3 atom stereocenters. The Bertz CT molecular complexity index is 254. The van der Waals surface area contributed by atoms with Crippen LogP contribution >= 0.6 is 0 Å². The maximum atomic E-state index is 12.8. The Kier molecular flexibility index (Phi) is 4.67. The van der Waals surface area contributed by atoms with Gasteiger partial charge in [0.15, 0.2) is 0 Å². The molecule has 0 aromatic rings. The van der Waals surface area contributed by atoms with E-state index in [1.54, 1.807) is 0 Å². The van der Waals surface area contributed by atoms with Gasteiger partial charge in [0.2, 0.25) is 0 Å². The molecule has 0 saturated heterocycles. The van der Waals surface area contributed by atoms with Crippen molar-refractivity contribution in [3.63, 3.8) is 0 Å². The molecular weight excluding hydrogens is 215 g/mol. The molecule has 0 radical (unpaired) electrons. The van der Waals surface area contributed by atoms with E-state index in [1.165, 1.54) is 0 Å². The van der Waals surface area contributed by atoms with Gasteiger partial charge in [-0.05, 0) is 25.2 Å². The first kappa shape index (κ1) is 13.4. The van der Waals surface area contributed by atoms with E-state index in [0.29, 0.717) is 25.7 Å². The molecule has 16 heavy (non-hydrogen) atoms. The molecular formula is C12H18F3N. The van der Waals surface area contributed by atoms with E-state index in [1.807, 2.05) is 0 Å². The molecule has 0 amide bonds. The Morgan fingerprint density at radius 1 is 1.31 bits per heavy atom. The Morgan fingerprint density at radius 3 is 2.50 bits per heavy atom. The molecule has 1 rings (SSSR count). The number of rotatable bonds is 3. The molecule has 0 aliphatic heterocycles. The first-order valence-electron chi connectivity index (χ1n) is 5.72. The van der Waals surface area contributed by atoms with Crippen LogP contribution in [0.2, 0.25) is 0 Å². The SMILES string of the molecule is C#CCCC(N)C1CCCCC1C(F)(F)F. The third-order valence-corrected chi connectivity index (χ3v) is 3.41. The largest absolute Gasteiger partial charge is 0.392 e. The van der Waals surface area contributed by atoms with Gasteiger partial charge in [-0.2, -0.15) is 13.2 Å². The maximum Gasteiger partial charge on any atom is 0.392 e. The molecule has 1 saturated carbocycles. The Morgan fingerprint density at radius 2 is 1.94 bits per heavy atom. The lowest BCUT2D eigenvalue weighted by molar-refractivity contribution is -0.198. The smallest absolute Gasteiger partial charge is 0.327 e. The van der Waals surface area contributed by atoms with Crippen LogP contribution in [0.5, 0.6) is 0 Å². The molecule has 2 N–H and O–H groups in total. The van der Waals surface area contributed by atoms with Gasteiger partial charge >= 0.3 is 6.18 Å². The quantitative estimate of drug-likeness (QED) is 0.745. The second-order valence-corrected chi connectivity index (χ2v) is 4.50. The zero-order valence-corrected chi connectivity index (χ0v) is 9.26. The van der Waals surface area contributed by atoms with Crippen LogP contribution in [-0.4, -0.2) is 12.2 Å². The molecule has 4 heteroatoms. The van der Waals surface area contributed by atoms with Gasteiger partial charge in [-0.25, -0.2) is 0 Å². The lowest BCUT2D eigenvalue weighted by Gasteiger charge is -2.36. The number of halogens is 3. The highest BCUT2D eigenvalue weighted by molar-refractivity contribution is 4.91. The average Bonchev–Trinajstić information content (AvgIpc) is 2.24. The van der Waals surface area contributed by atoms with Crippen molar-refractivity contribution >= 4 is 0 Å². The molecule has 3 unspecified atom stereocenters. The van der Waals surface area contributed by atoms with Gasteiger partial charge in [0.05, 0.1) is 5.92 Å². The molecule has 1 fully saturated rings. The molecule has 0 heterocycles. The van der Waals surface area contributed by atoms with Crippen molar-refractivity contribution in [3.05, 3.63) is 0 Å². The van der Waals surface area contributed by atoms with Gasteiger partial charge in [0.25, 0.3) is 0 Å². The summed E-state index contributed by atoms with van der Waals surface area (Å²) in [6.07, 6.45) is 4.24. The summed E-state index contributed by atoms with van der Waals surface area (Å²) in [5, 5.41) is 0. The summed E-state index contributed by atoms with van der Waals surface area (Å²) in [7, 11) is 0. The van der Waals surface area contributed by atoms with Crippen LogP contribution < -0.4 is 5.73 Å². The lowest BCUT2D eigenvalue weighted by Crippen LogP contribution is -2.43. The summed E-state index contributed by atoms with van der Waals surface area (Å²) in [5.41, 5.74) is 5.83. The number of hydrogen-bond donors (Lipinski definition) is 1. The van der Waals surface area contributed by atoms with E-state index in [9.17, 15) is 13.2 Å². The highest BCUT2D eigenvalue weighted by Gasteiger charge is 2.46. The van der Waals surface area contributed by atoms with Crippen molar-refractivity contribution < 1.29 is 13.2 Å². The van der Waals surface area contributed by atoms with E-state index in [-0.39, 0.29) is 6.42 Å². The van der Waals surface area contributed by atoms with E-state index in [4.69, 9.17) is 12.2 Å². The minimum absolute atomic E-state index is 0.220. The Labute approximate surface area is 94.6 Å². The van der Waals surface area contributed by atoms with Crippen molar-refractivity contribution in [2.24, 2.45) is 17.6 Å². The van der Waals surface area contributed by atoms with Gasteiger partial charge in [-0.3, -0.25) is 0 Å². The number of hydrogen-bond acceptors (Lipinski definition) is 1. The van der Waals surface area contributed by atoms with Crippen LogP contribution in [0.3, 0.4) is 0 Å². The van der Waals surface area contributed by atoms with Crippen LogP contribution in [0.4, 0.5) is 13.2 Å². The molecule has 1 aliphatic rings. The zero-order valence-electron chi connectivity index (χ0n) is 9.26. The zero-order chi connectivity index (χ0) is 12.2. The van der Waals surface area contributed by atoms with E-state index in [0.717, 1.165) is 6.42 Å². The Balaban J connectivity index is 2.63. The van der Waals surface area contributed by atoms with Crippen molar-refractivity contribution in [1.82, 2.24) is 0 Å². The third kappa shape index (κ3) is 3.41. The van der Waals surface area contributed by atoms with Crippen LogP contribution in [0, 0.1) is 24.2 Å². The predicted molar refractivity (Wildman–Crippen MR) is 57.5 cm³/mol. The molecule has 0 aromatic heterocycles. The van der Waals surface area contributed by atoms with E-state index < -0.39 is 24.1 Å². The molecule has 1 nitrogen and oxygen atoms in total. The molecule has 0 spiro atoms. The predicted octanol–water partition coefficient (Wildman–Crippen LogP) is 3.10. The van der Waals surface area contributed by atoms with Gasteiger partial charge in [0, 0.05) is 12.5 Å². The molecule has 92 valence electrons. The average molecular weight is 233 g/mol. The molecule has 1 aliphatic carbocycles. The number of terminal acetylenes is 1. The van der Waals surface area contributed by atoms with Crippen LogP contribution in [-0.2, 0) is 0 Å². The fourth-order valence-electron chi connectivity index (χ4n) is 2.54. The fourth-order valence-corrected chi connectivity index (χ4v) is 2.54. The van der Waals surface area contributed by atoms with Gasteiger partial charge < -0.3 is 5.73 Å². The maximum absolute atomic E-state index is 12.8. The minimum atomic E-state index is -4.11. The van der Waals surface area contributed by atoms with Gasteiger partial charge in [-0.15, -0.1) is 12.3 Å². The van der Waals surface area contributed by atoms with Crippen molar-refractivity contribution in [3.8, 4) is 12.3 Å². The summed E-state index contributed by atoms with van der Waals surface area (Å²) in [4.78, 5) is 0. The standard InChI is InChI=1S/C12H18F3N/c1-2-3-8-11(16)9-6-4-5-7-10(9)12(13,14)15/h1,9-11H,3-8,16H2. The Hall–Kier alpha value is -0.690. The number of alkyl halides is 3. The van der Waals surface area contributed by atoms with E-state index >= 15 is 0 Å². The summed E-state index contributed by atoms with van der Waals surface area (Å²) < 4.78 is 38.3. The van der Waals surface area contributed by atoms with Gasteiger partial charge in [0.1, 0.15) is 0 Å². The number of nitrogens with two attached hydrogens (primary N) is 1. The summed E-state index contributed by atoms with van der Waals surface area (Å²) in [5.74, 6) is 0.760. The monoisotopic (exact) mass is 233 g/mol. The van der Waals surface area contributed by atoms with Gasteiger partial charge in [-0.1, -0.05) is 12.8 Å². The highest BCUT2D eigenvalue weighted by atomic mass is 19.4.